The first-order chi connectivity index (χ1) is 11.3. The lowest BCUT2D eigenvalue weighted by atomic mass is 9.94. The van der Waals surface area contributed by atoms with Gasteiger partial charge in [0.15, 0.2) is 0 Å². The van der Waals surface area contributed by atoms with Crippen molar-refractivity contribution in [3.63, 3.8) is 0 Å². The van der Waals surface area contributed by atoms with Gasteiger partial charge in [-0.2, -0.15) is 0 Å². The zero-order chi connectivity index (χ0) is 17.5. The number of piperazine rings is 1. The summed E-state index contributed by atoms with van der Waals surface area (Å²) in [6.07, 6.45) is 0.728. The summed E-state index contributed by atoms with van der Waals surface area (Å²) in [4.78, 5) is 25.9. The van der Waals surface area contributed by atoms with Crippen molar-refractivity contribution < 1.29 is 18.0 Å². The summed E-state index contributed by atoms with van der Waals surface area (Å²) >= 11 is 5.77. The third kappa shape index (κ3) is 3.26. The molecule has 0 aliphatic carbocycles. The highest BCUT2D eigenvalue weighted by atomic mass is 35.5. The number of halogens is 1. The highest BCUT2D eigenvalue weighted by Gasteiger charge is 2.43. The molecule has 1 aromatic carbocycles. The van der Waals surface area contributed by atoms with Gasteiger partial charge >= 0.3 is 0 Å². The van der Waals surface area contributed by atoms with Crippen molar-refractivity contribution in [2.75, 3.05) is 6.54 Å². The fourth-order valence-electron chi connectivity index (χ4n) is 3.11. The molecule has 0 radical (unpaired) electrons. The zero-order valence-electron chi connectivity index (χ0n) is 13.0. The number of hydrogen-bond acceptors (Lipinski definition) is 4. The number of hydrogen-bond donors (Lipinski definition) is 2. The maximum atomic E-state index is 12.4. The van der Waals surface area contributed by atoms with Crippen molar-refractivity contribution in [3.05, 3.63) is 29.3 Å². The number of carbonyl (C=O) groups is 2. The van der Waals surface area contributed by atoms with E-state index in [2.05, 4.69) is 10.0 Å². The Labute approximate surface area is 145 Å². The summed E-state index contributed by atoms with van der Waals surface area (Å²) in [5, 5.41) is 3.08. The summed E-state index contributed by atoms with van der Waals surface area (Å²) in [6, 6.07) is 4.31. The minimum Gasteiger partial charge on any atom is -0.343 e. The Bertz CT molecular complexity index is 765. The molecule has 2 N–H and O–H groups in total. The van der Waals surface area contributed by atoms with E-state index in [9.17, 15) is 18.0 Å². The Morgan fingerprint density at radius 1 is 1.25 bits per heavy atom. The number of fused-ring (bicyclic) bond motifs is 1. The Morgan fingerprint density at radius 2 is 1.92 bits per heavy atom. The summed E-state index contributed by atoms with van der Waals surface area (Å²) in [5.41, 5.74) is 0. The van der Waals surface area contributed by atoms with E-state index >= 15 is 0 Å². The van der Waals surface area contributed by atoms with Crippen molar-refractivity contribution in [1.82, 2.24) is 14.9 Å². The number of sulfonamides is 1. The van der Waals surface area contributed by atoms with Crippen LogP contribution in [0.2, 0.25) is 5.02 Å². The minimum absolute atomic E-state index is 0.118. The second-order valence-electron chi connectivity index (χ2n) is 6.07. The van der Waals surface area contributed by atoms with Crippen LogP contribution in [0.15, 0.2) is 29.2 Å². The maximum Gasteiger partial charge on any atom is 0.245 e. The number of rotatable bonds is 3. The second kappa shape index (κ2) is 6.34. The number of carbonyl (C=O) groups excluding carboxylic acids is 2. The monoisotopic (exact) mass is 371 g/mol. The summed E-state index contributed by atoms with van der Waals surface area (Å²) in [6.45, 7) is 2.00. The largest absolute Gasteiger partial charge is 0.343 e. The maximum absolute atomic E-state index is 12.4. The number of amides is 2. The van der Waals surface area contributed by atoms with Gasteiger partial charge in [-0.3, -0.25) is 9.59 Å². The Hall–Kier alpha value is -1.64. The molecule has 3 rings (SSSR count). The first-order valence-electron chi connectivity index (χ1n) is 7.67. The van der Waals surface area contributed by atoms with Crippen LogP contribution < -0.4 is 10.0 Å². The van der Waals surface area contributed by atoms with Crippen LogP contribution in [-0.4, -0.2) is 49.8 Å². The molecule has 2 aliphatic rings. The smallest absolute Gasteiger partial charge is 0.245 e. The van der Waals surface area contributed by atoms with E-state index in [0.29, 0.717) is 18.0 Å². The molecule has 2 aliphatic heterocycles. The number of piperidine rings is 1. The van der Waals surface area contributed by atoms with Gasteiger partial charge in [0.2, 0.25) is 21.8 Å². The third-order valence-electron chi connectivity index (χ3n) is 4.36. The third-order valence-corrected chi connectivity index (χ3v) is 6.15. The Morgan fingerprint density at radius 3 is 2.58 bits per heavy atom. The zero-order valence-corrected chi connectivity index (χ0v) is 14.6. The standard InChI is InChI=1S/C15H18ClN3O4S/c1-9-15(21)19-7-6-11(8-13(19)14(20)17-9)18-24(22,23)12-4-2-10(16)3-5-12/h2-5,9,11,13,18H,6-8H2,1H3,(H,17,20)/t9-,11+,13+/m1/s1. The predicted molar refractivity (Wildman–Crippen MR) is 87.9 cm³/mol. The highest BCUT2D eigenvalue weighted by Crippen LogP contribution is 2.23. The molecule has 2 fully saturated rings. The van der Waals surface area contributed by atoms with Gasteiger partial charge in [-0.1, -0.05) is 11.6 Å². The Balaban J connectivity index is 1.72. The quantitative estimate of drug-likeness (QED) is 0.808. The van der Waals surface area contributed by atoms with E-state index in [0.717, 1.165) is 0 Å². The number of benzene rings is 1. The molecule has 9 heteroatoms. The normalized spacial score (nSPS) is 27.6. The molecular formula is C15H18ClN3O4S. The summed E-state index contributed by atoms with van der Waals surface area (Å²) in [7, 11) is -3.70. The van der Waals surface area contributed by atoms with E-state index in [-0.39, 0.29) is 23.1 Å². The molecule has 2 saturated heterocycles. The van der Waals surface area contributed by atoms with Gasteiger partial charge in [-0.05, 0) is 44.0 Å². The van der Waals surface area contributed by atoms with E-state index in [1.54, 1.807) is 6.92 Å². The average Bonchev–Trinajstić information content (AvgIpc) is 2.53. The van der Waals surface area contributed by atoms with Crippen molar-refractivity contribution in [3.8, 4) is 0 Å². The molecular weight excluding hydrogens is 354 g/mol. The van der Waals surface area contributed by atoms with Crippen molar-refractivity contribution in [1.29, 1.82) is 0 Å². The SMILES string of the molecule is C[C@H]1NC(=O)[C@@H]2C[C@@H](NS(=O)(=O)c3ccc(Cl)cc3)CCN2C1=O. The van der Waals surface area contributed by atoms with Crippen LogP contribution in [0.1, 0.15) is 19.8 Å². The number of nitrogens with zero attached hydrogens (tertiary/aromatic N) is 1. The van der Waals surface area contributed by atoms with E-state index in [1.807, 2.05) is 0 Å². The average molecular weight is 372 g/mol. The highest BCUT2D eigenvalue weighted by molar-refractivity contribution is 7.89. The first kappa shape index (κ1) is 17.2. The number of nitrogens with one attached hydrogen (secondary N) is 2. The minimum atomic E-state index is -3.70. The van der Waals surface area contributed by atoms with Crippen molar-refractivity contribution in [2.45, 2.75) is 42.8 Å². The van der Waals surface area contributed by atoms with Crippen molar-refractivity contribution in [2.24, 2.45) is 0 Å². The molecule has 7 nitrogen and oxygen atoms in total. The molecule has 3 atom stereocenters. The van der Waals surface area contributed by atoms with Crippen LogP contribution in [0.4, 0.5) is 0 Å². The molecule has 0 spiro atoms. The van der Waals surface area contributed by atoms with Gasteiger partial charge in [-0.25, -0.2) is 13.1 Å². The van der Waals surface area contributed by atoms with E-state index in [1.165, 1.54) is 29.2 Å². The van der Waals surface area contributed by atoms with Crippen molar-refractivity contribution >= 4 is 33.4 Å². The molecule has 0 aromatic heterocycles. The second-order valence-corrected chi connectivity index (χ2v) is 8.22. The fraction of sp³-hybridized carbons (Fsp3) is 0.467. The molecule has 2 amide bonds. The Kier molecular flexibility index (Phi) is 4.54. The van der Waals surface area contributed by atoms with Gasteiger partial charge < -0.3 is 10.2 Å². The molecule has 24 heavy (non-hydrogen) atoms. The van der Waals surface area contributed by atoms with Gasteiger partial charge in [0.1, 0.15) is 12.1 Å². The molecule has 0 unspecified atom stereocenters. The van der Waals surface area contributed by atoms with Crippen LogP contribution >= 0.6 is 11.6 Å². The molecule has 130 valence electrons. The lowest BCUT2D eigenvalue weighted by Gasteiger charge is -2.43. The molecule has 0 bridgehead atoms. The van der Waals surface area contributed by atoms with Crippen LogP contribution in [0.25, 0.3) is 0 Å². The molecule has 0 saturated carbocycles. The van der Waals surface area contributed by atoms with E-state index < -0.39 is 28.1 Å². The molecule has 2 heterocycles. The predicted octanol–water partition coefficient (Wildman–Crippen LogP) is 0.496. The van der Waals surface area contributed by atoms with Crippen LogP contribution in [-0.2, 0) is 19.6 Å². The fourth-order valence-corrected chi connectivity index (χ4v) is 4.52. The van der Waals surface area contributed by atoms with Gasteiger partial charge in [0.25, 0.3) is 0 Å². The first-order valence-corrected chi connectivity index (χ1v) is 9.53. The van der Waals surface area contributed by atoms with E-state index in [4.69, 9.17) is 11.6 Å². The van der Waals surface area contributed by atoms with Crippen LogP contribution in [0.3, 0.4) is 0 Å². The van der Waals surface area contributed by atoms with Gasteiger partial charge in [-0.15, -0.1) is 0 Å². The summed E-state index contributed by atoms with van der Waals surface area (Å²) < 4.78 is 27.5. The summed E-state index contributed by atoms with van der Waals surface area (Å²) in [5.74, 6) is -0.365. The lowest BCUT2D eigenvalue weighted by Crippen LogP contribution is -2.66. The molecule has 1 aromatic rings. The lowest BCUT2D eigenvalue weighted by molar-refractivity contribution is -0.151. The van der Waals surface area contributed by atoms with Crippen LogP contribution in [0, 0.1) is 0 Å². The topological polar surface area (TPSA) is 95.6 Å². The van der Waals surface area contributed by atoms with Gasteiger partial charge in [0, 0.05) is 17.6 Å². The van der Waals surface area contributed by atoms with Gasteiger partial charge in [0.05, 0.1) is 4.90 Å². The van der Waals surface area contributed by atoms with Crippen LogP contribution in [0.5, 0.6) is 0 Å².